The van der Waals surface area contributed by atoms with Gasteiger partial charge in [-0.1, -0.05) is 31.2 Å². The van der Waals surface area contributed by atoms with E-state index in [1.165, 1.54) is 18.0 Å². The molecule has 0 saturated heterocycles. The van der Waals surface area contributed by atoms with Crippen LogP contribution in [0.1, 0.15) is 54.9 Å². The van der Waals surface area contributed by atoms with Gasteiger partial charge in [-0.15, -0.1) is 0 Å². The maximum absolute atomic E-state index is 13.2. The van der Waals surface area contributed by atoms with Gasteiger partial charge in [-0.25, -0.2) is 4.98 Å². The number of thioether (sulfide) groups is 1. The molecular formula is C26H29N3O4S. The maximum Gasteiger partial charge on any atom is 0.252 e. The van der Waals surface area contributed by atoms with Gasteiger partial charge in [0.1, 0.15) is 6.61 Å². The van der Waals surface area contributed by atoms with E-state index in [2.05, 4.69) is 21.4 Å². The van der Waals surface area contributed by atoms with Crippen molar-refractivity contribution in [1.29, 1.82) is 0 Å². The lowest BCUT2D eigenvalue weighted by molar-refractivity contribution is -0.113. The van der Waals surface area contributed by atoms with Gasteiger partial charge in [-0.3, -0.25) is 14.6 Å². The van der Waals surface area contributed by atoms with Crippen LogP contribution < -0.4 is 10.1 Å². The number of carbonyl (C=O) groups is 2. The summed E-state index contributed by atoms with van der Waals surface area (Å²) in [6.45, 7) is 3.56. The predicted molar refractivity (Wildman–Crippen MR) is 134 cm³/mol. The quantitative estimate of drug-likeness (QED) is 0.551. The number of rotatable bonds is 0. The molecule has 1 atom stereocenters. The largest absolute Gasteiger partial charge is 0.475 e. The van der Waals surface area contributed by atoms with Crippen molar-refractivity contribution >= 4 is 34.0 Å². The third kappa shape index (κ3) is 6.33. The molecule has 1 N–H and O–H groups in total. The fourth-order valence-corrected chi connectivity index (χ4v) is 4.88. The zero-order valence-corrected chi connectivity index (χ0v) is 20.1. The Hall–Kier alpha value is -2.97. The Bertz CT molecular complexity index is 1100. The van der Waals surface area contributed by atoms with Crippen molar-refractivity contribution in [3.05, 3.63) is 65.0 Å². The molecule has 178 valence electrons. The van der Waals surface area contributed by atoms with Crippen LogP contribution in [0.5, 0.6) is 5.88 Å². The summed E-state index contributed by atoms with van der Waals surface area (Å²) < 4.78 is 11.4. The van der Waals surface area contributed by atoms with E-state index in [0.29, 0.717) is 48.9 Å². The van der Waals surface area contributed by atoms with Crippen molar-refractivity contribution in [2.75, 3.05) is 25.1 Å². The predicted octanol–water partition coefficient (Wildman–Crippen LogP) is 5.27. The lowest BCUT2D eigenvalue weighted by Gasteiger charge is -2.15. The Morgan fingerprint density at radius 1 is 1.09 bits per heavy atom. The Morgan fingerprint density at radius 3 is 2.91 bits per heavy atom. The number of fused-ring (bicyclic) bond motifs is 6. The Balaban J connectivity index is 1.59. The highest BCUT2D eigenvalue weighted by molar-refractivity contribution is 8.11. The molecular weight excluding hydrogens is 450 g/mol. The van der Waals surface area contributed by atoms with Gasteiger partial charge >= 0.3 is 0 Å². The van der Waals surface area contributed by atoms with E-state index in [1.54, 1.807) is 18.5 Å². The highest BCUT2D eigenvalue weighted by Gasteiger charge is 2.22. The van der Waals surface area contributed by atoms with E-state index >= 15 is 0 Å². The third-order valence-corrected chi connectivity index (χ3v) is 6.85. The number of hydrogen-bond donors (Lipinski definition) is 1. The van der Waals surface area contributed by atoms with Gasteiger partial charge in [-0.05, 0) is 48.3 Å². The van der Waals surface area contributed by atoms with E-state index in [4.69, 9.17) is 9.47 Å². The number of ether oxygens (including phenoxy) is 2. The average molecular weight is 480 g/mol. The molecule has 0 aliphatic carbocycles. The molecule has 34 heavy (non-hydrogen) atoms. The molecule has 0 spiro atoms. The zero-order chi connectivity index (χ0) is 23.8. The van der Waals surface area contributed by atoms with Gasteiger partial charge in [0, 0.05) is 48.2 Å². The molecule has 4 heterocycles. The van der Waals surface area contributed by atoms with Gasteiger partial charge in [-0.2, -0.15) is 0 Å². The van der Waals surface area contributed by atoms with Crippen LogP contribution >= 0.6 is 11.8 Å². The van der Waals surface area contributed by atoms with Crippen LogP contribution in [0.15, 0.2) is 53.8 Å². The number of anilines is 1. The molecule has 2 aromatic rings. The third-order valence-electron chi connectivity index (χ3n) is 5.82. The first-order valence-corrected chi connectivity index (χ1v) is 12.5. The summed E-state index contributed by atoms with van der Waals surface area (Å²) in [5.41, 5.74) is 2.63. The standard InChI is InChI=1S/C26H29N3O4S/c1-18-6-7-24-19-8-11-28-25(15-19)33-14-13-32-12-4-2-3-5-23(30)20-16-27-10-9-22(20)29-26(31)21(18)17-34-24/h7-11,15-18H,2-6,12-14H2,1H3,(H,29,31). The number of nitrogens with one attached hydrogen (secondary N) is 1. The monoisotopic (exact) mass is 479 g/mol. The molecule has 1 unspecified atom stereocenters. The van der Waals surface area contributed by atoms with E-state index in [-0.39, 0.29) is 17.6 Å². The minimum atomic E-state index is -0.198. The fraction of sp³-hybridized carbons (Fsp3) is 0.385. The highest BCUT2D eigenvalue weighted by atomic mass is 32.2. The van der Waals surface area contributed by atoms with E-state index in [0.717, 1.165) is 36.2 Å². The summed E-state index contributed by atoms with van der Waals surface area (Å²) in [7, 11) is 0. The smallest absolute Gasteiger partial charge is 0.252 e. The van der Waals surface area contributed by atoms with E-state index in [9.17, 15) is 9.59 Å². The molecule has 0 radical (unpaired) electrons. The summed E-state index contributed by atoms with van der Waals surface area (Å²) >= 11 is 1.51. The number of hydrogen-bond acceptors (Lipinski definition) is 7. The maximum atomic E-state index is 13.2. The number of Topliss-reactive ketones (excluding diaryl/α,β-unsaturated/α-hetero) is 1. The average Bonchev–Trinajstić information content (AvgIpc) is 3.04. The molecule has 4 rings (SSSR count). The van der Waals surface area contributed by atoms with Crippen molar-refractivity contribution in [1.82, 2.24) is 9.97 Å². The normalized spacial score (nSPS) is 20.6. The summed E-state index contributed by atoms with van der Waals surface area (Å²) in [6.07, 6.45) is 10.6. The molecule has 2 aliphatic heterocycles. The Labute approximate surface area is 204 Å². The van der Waals surface area contributed by atoms with Crippen LogP contribution in [0.25, 0.3) is 4.91 Å². The number of allylic oxidation sites excluding steroid dienone is 1. The minimum absolute atomic E-state index is 0.0170. The van der Waals surface area contributed by atoms with Crippen molar-refractivity contribution in [3.8, 4) is 5.88 Å². The minimum Gasteiger partial charge on any atom is -0.475 e. The zero-order valence-electron chi connectivity index (χ0n) is 19.3. The van der Waals surface area contributed by atoms with E-state index in [1.807, 2.05) is 24.5 Å². The Morgan fingerprint density at radius 2 is 2.00 bits per heavy atom. The molecule has 0 aromatic carbocycles. The first-order valence-electron chi connectivity index (χ1n) is 11.6. The number of aromatic nitrogens is 2. The first kappa shape index (κ1) is 24.2. The van der Waals surface area contributed by atoms with Gasteiger partial charge in [0.05, 0.1) is 17.9 Å². The first-order chi connectivity index (χ1) is 16.6. The van der Waals surface area contributed by atoms with Crippen molar-refractivity contribution in [2.45, 2.75) is 39.0 Å². The molecule has 0 fully saturated rings. The molecule has 4 bridgehead atoms. The van der Waals surface area contributed by atoms with Crippen molar-refractivity contribution < 1.29 is 19.1 Å². The molecule has 0 saturated carbocycles. The van der Waals surface area contributed by atoms with Gasteiger partial charge < -0.3 is 14.8 Å². The molecule has 2 aliphatic rings. The lowest BCUT2D eigenvalue weighted by atomic mass is 9.97. The summed E-state index contributed by atoms with van der Waals surface area (Å²) in [5.74, 6) is 0.364. The summed E-state index contributed by atoms with van der Waals surface area (Å²) in [5, 5.41) is 4.86. The fourth-order valence-electron chi connectivity index (χ4n) is 3.84. The van der Waals surface area contributed by atoms with Crippen LogP contribution in [0.2, 0.25) is 0 Å². The molecule has 8 heteroatoms. The van der Waals surface area contributed by atoms with Crippen LogP contribution in [0.3, 0.4) is 0 Å². The van der Waals surface area contributed by atoms with Crippen LogP contribution in [-0.4, -0.2) is 41.5 Å². The van der Waals surface area contributed by atoms with Crippen LogP contribution in [0.4, 0.5) is 5.69 Å². The number of amides is 1. The summed E-state index contributed by atoms with van der Waals surface area (Å²) in [4.78, 5) is 35.5. The molecule has 7 nitrogen and oxygen atoms in total. The van der Waals surface area contributed by atoms with E-state index < -0.39 is 0 Å². The molecule has 2 aromatic heterocycles. The van der Waals surface area contributed by atoms with Gasteiger partial charge in [0.15, 0.2) is 5.78 Å². The Kier molecular flexibility index (Phi) is 8.49. The van der Waals surface area contributed by atoms with Gasteiger partial charge in [0.2, 0.25) is 5.88 Å². The van der Waals surface area contributed by atoms with Crippen LogP contribution in [0, 0.1) is 5.92 Å². The second-order valence-corrected chi connectivity index (χ2v) is 9.26. The van der Waals surface area contributed by atoms with Gasteiger partial charge in [0.25, 0.3) is 5.91 Å². The lowest BCUT2D eigenvalue weighted by Crippen LogP contribution is -2.20. The summed E-state index contributed by atoms with van der Waals surface area (Å²) in [6, 6.07) is 5.54. The second kappa shape index (κ2) is 11.9. The van der Waals surface area contributed by atoms with Crippen molar-refractivity contribution in [3.63, 3.8) is 0 Å². The number of ketones is 1. The van der Waals surface area contributed by atoms with Crippen LogP contribution in [-0.2, 0) is 9.53 Å². The second-order valence-electron chi connectivity index (χ2n) is 8.35. The highest BCUT2D eigenvalue weighted by Crippen LogP contribution is 2.37. The number of pyridine rings is 2. The topological polar surface area (TPSA) is 90.4 Å². The number of nitrogens with zero attached hydrogens (tertiary/aromatic N) is 2. The van der Waals surface area contributed by atoms with Crippen molar-refractivity contribution in [2.24, 2.45) is 5.92 Å². The SMILES string of the molecule is CC1CC=C2SC=C1C(=O)Nc1ccncc1C(=O)CCCCCOCCOc1cc2ccn1. The molecule has 1 amide bonds. The number of carbonyl (C=O) groups excluding carboxylic acids is 2.